The lowest BCUT2D eigenvalue weighted by Gasteiger charge is -2.08. The molecule has 1 aromatic carbocycles. The Balaban J connectivity index is 2.34. The number of halogens is 1. The zero-order valence-electron chi connectivity index (χ0n) is 11.3. The third-order valence-corrected chi connectivity index (χ3v) is 4.34. The summed E-state index contributed by atoms with van der Waals surface area (Å²) in [5.41, 5.74) is 0.0220. The second-order valence-electron chi connectivity index (χ2n) is 4.30. The van der Waals surface area contributed by atoms with Gasteiger partial charge >= 0.3 is 5.97 Å². The van der Waals surface area contributed by atoms with Crippen LogP contribution in [0.3, 0.4) is 0 Å². The predicted molar refractivity (Wildman–Crippen MR) is 80.2 cm³/mol. The minimum Gasteiger partial charge on any atom is -0.467 e. The number of esters is 1. The molecular weight excluding hydrogens is 314 g/mol. The van der Waals surface area contributed by atoms with Crippen LogP contribution < -0.4 is 5.56 Å². The summed E-state index contributed by atoms with van der Waals surface area (Å²) in [6, 6.07) is 6.84. The van der Waals surface area contributed by atoms with Crippen LogP contribution in [0.15, 0.2) is 35.1 Å². The van der Waals surface area contributed by atoms with Crippen molar-refractivity contribution in [2.75, 3.05) is 7.11 Å². The molecule has 2 rings (SSSR count). The van der Waals surface area contributed by atoms with Crippen LogP contribution in [0, 0.1) is 0 Å². The fourth-order valence-electron chi connectivity index (χ4n) is 1.74. The SMILES string of the molecule is COC(=O)C(C)n1sc(C(=O)c2ccc(Cl)cc2)cc1=O. The molecule has 2 aromatic rings. The van der Waals surface area contributed by atoms with Crippen molar-refractivity contribution in [1.82, 2.24) is 3.96 Å². The molecule has 7 heteroatoms. The molecule has 0 bridgehead atoms. The highest BCUT2D eigenvalue weighted by Gasteiger charge is 2.21. The zero-order valence-corrected chi connectivity index (χ0v) is 12.9. The van der Waals surface area contributed by atoms with Gasteiger partial charge in [-0.3, -0.25) is 9.59 Å². The molecular formula is C14H12ClNO4S. The summed E-state index contributed by atoms with van der Waals surface area (Å²) in [6.45, 7) is 1.54. The van der Waals surface area contributed by atoms with Crippen LogP contribution in [-0.4, -0.2) is 22.8 Å². The van der Waals surface area contributed by atoms with Crippen LogP contribution in [0.4, 0.5) is 0 Å². The Labute approximate surface area is 129 Å². The summed E-state index contributed by atoms with van der Waals surface area (Å²) in [5, 5.41) is 0.525. The quantitative estimate of drug-likeness (QED) is 0.640. The van der Waals surface area contributed by atoms with Crippen LogP contribution in [0.5, 0.6) is 0 Å². The predicted octanol–water partition coefficient (Wildman–Crippen LogP) is 2.53. The standard InChI is InChI=1S/C14H12ClNO4S/c1-8(14(19)20-2)16-12(17)7-11(21-16)13(18)9-3-5-10(15)6-4-9/h3-8H,1-2H3. The maximum atomic E-state index is 12.3. The molecule has 21 heavy (non-hydrogen) atoms. The summed E-state index contributed by atoms with van der Waals surface area (Å²) < 4.78 is 5.81. The normalized spacial score (nSPS) is 12.0. The third-order valence-electron chi connectivity index (χ3n) is 2.89. The number of hydrogen-bond acceptors (Lipinski definition) is 5. The van der Waals surface area contributed by atoms with E-state index in [1.807, 2.05) is 0 Å². The van der Waals surface area contributed by atoms with Crippen LogP contribution in [0.2, 0.25) is 5.02 Å². The summed E-state index contributed by atoms with van der Waals surface area (Å²) in [6.07, 6.45) is 0. The molecule has 1 heterocycles. The number of hydrogen-bond donors (Lipinski definition) is 0. The second kappa shape index (κ2) is 6.24. The highest BCUT2D eigenvalue weighted by Crippen LogP contribution is 2.18. The van der Waals surface area contributed by atoms with E-state index < -0.39 is 17.6 Å². The molecule has 1 atom stereocenters. The summed E-state index contributed by atoms with van der Waals surface area (Å²) in [5.74, 6) is -0.825. The number of methoxy groups -OCH3 is 1. The molecule has 0 spiro atoms. The lowest BCUT2D eigenvalue weighted by molar-refractivity contribution is -0.143. The topological polar surface area (TPSA) is 65.4 Å². The van der Waals surface area contributed by atoms with Gasteiger partial charge < -0.3 is 4.74 Å². The maximum Gasteiger partial charge on any atom is 0.329 e. The number of rotatable bonds is 4. The number of ketones is 1. The molecule has 0 N–H and O–H groups in total. The Morgan fingerprint density at radius 1 is 1.29 bits per heavy atom. The number of benzene rings is 1. The van der Waals surface area contributed by atoms with Gasteiger partial charge in [0.25, 0.3) is 5.56 Å². The van der Waals surface area contributed by atoms with Gasteiger partial charge in [0, 0.05) is 16.7 Å². The molecule has 0 amide bonds. The first-order valence-electron chi connectivity index (χ1n) is 6.05. The highest BCUT2D eigenvalue weighted by molar-refractivity contribution is 7.09. The van der Waals surface area contributed by atoms with Gasteiger partial charge in [-0.1, -0.05) is 23.1 Å². The first-order chi connectivity index (χ1) is 9.93. The molecule has 0 aliphatic heterocycles. The number of ether oxygens (including phenoxy) is 1. The van der Waals surface area contributed by atoms with Gasteiger partial charge in [0.05, 0.1) is 12.0 Å². The van der Waals surface area contributed by atoms with E-state index in [2.05, 4.69) is 4.74 Å². The van der Waals surface area contributed by atoms with Gasteiger partial charge in [-0.15, -0.1) is 0 Å². The first-order valence-corrected chi connectivity index (χ1v) is 7.20. The Morgan fingerprint density at radius 3 is 2.48 bits per heavy atom. The van der Waals surface area contributed by atoms with Crippen molar-refractivity contribution in [3.8, 4) is 0 Å². The van der Waals surface area contributed by atoms with E-state index >= 15 is 0 Å². The van der Waals surface area contributed by atoms with Crippen molar-refractivity contribution in [2.24, 2.45) is 0 Å². The Hall–Kier alpha value is -1.92. The van der Waals surface area contributed by atoms with E-state index in [0.717, 1.165) is 11.5 Å². The van der Waals surface area contributed by atoms with E-state index in [-0.39, 0.29) is 10.7 Å². The Bertz CT molecular complexity index is 732. The van der Waals surface area contributed by atoms with E-state index in [1.54, 1.807) is 31.2 Å². The van der Waals surface area contributed by atoms with Gasteiger partial charge in [0.15, 0.2) is 0 Å². The number of nitrogens with zero attached hydrogens (tertiary/aromatic N) is 1. The van der Waals surface area contributed by atoms with Crippen molar-refractivity contribution in [3.63, 3.8) is 0 Å². The van der Waals surface area contributed by atoms with E-state index in [9.17, 15) is 14.4 Å². The minimum absolute atomic E-state index is 0.262. The fraction of sp³-hybridized carbons (Fsp3) is 0.214. The largest absolute Gasteiger partial charge is 0.467 e. The van der Waals surface area contributed by atoms with Gasteiger partial charge in [0.2, 0.25) is 5.78 Å². The molecule has 0 aliphatic carbocycles. The molecule has 5 nitrogen and oxygen atoms in total. The van der Waals surface area contributed by atoms with Crippen molar-refractivity contribution < 1.29 is 14.3 Å². The van der Waals surface area contributed by atoms with Crippen molar-refractivity contribution in [1.29, 1.82) is 0 Å². The molecule has 0 saturated heterocycles. The van der Waals surface area contributed by atoms with Gasteiger partial charge in [0.1, 0.15) is 6.04 Å². The van der Waals surface area contributed by atoms with Crippen LogP contribution >= 0.6 is 23.1 Å². The maximum absolute atomic E-state index is 12.3. The molecule has 110 valence electrons. The van der Waals surface area contributed by atoms with Crippen LogP contribution in [0.1, 0.15) is 28.2 Å². The lowest BCUT2D eigenvalue weighted by Crippen LogP contribution is -2.23. The average Bonchev–Trinajstić information content (AvgIpc) is 2.87. The summed E-state index contributed by atoms with van der Waals surface area (Å²) in [7, 11) is 1.25. The molecule has 0 fully saturated rings. The van der Waals surface area contributed by atoms with E-state index in [4.69, 9.17) is 11.6 Å². The van der Waals surface area contributed by atoms with Gasteiger partial charge in [-0.05, 0) is 31.2 Å². The Kier molecular flexibility index (Phi) is 4.59. The molecule has 0 radical (unpaired) electrons. The molecule has 1 unspecified atom stereocenters. The van der Waals surface area contributed by atoms with Crippen molar-refractivity contribution in [2.45, 2.75) is 13.0 Å². The van der Waals surface area contributed by atoms with Crippen LogP contribution in [-0.2, 0) is 9.53 Å². The fourth-order valence-corrected chi connectivity index (χ4v) is 2.82. The van der Waals surface area contributed by atoms with Crippen LogP contribution in [0.25, 0.3) is 0 Å². The molecule has 0 saturated carbocycles. The van der Waals surface area contributed by atoms with Gasteiger partial charge in [-0.25, -0.2) is 8.75 Å². The Morgan fingerprint density at radius 2 is 1.90 bits per heavy atom. The van der Waals surface area contributed by atoms with E-state index in [0.29, 0.717) is 10.6 Å². The monoisotopic (exact) mass is 325 g/mol. The summed E-state index contributed by atoms with van der Waals surface area (Å²) >= 11 is 6.71. The zero-order chi connectivity index (χ0) is 15.6. The molecule has 0 aliphatic rings. The average molecular weight is 326 g/mol. The van der Waals surface area contributed by atoms with Crippen molar-refractivity contribution in [3.05, 3.63) is 56.1 Å². The molecule has 1 aromatic heterocycles. The number of carbonyl (C=O) groups excluding carboxylic acids is 2. The minimum atomic E-state index is -0.765. The van der Waals surface area contributed by atoms with Gasteiger partial charge in [-0.2, -0.15) is 0 Å². The van der Waals surface area contributed by atoms with E-state index in [1.165, 1.54) is 17.1 Å². The lowest BCUT2D eigenvalue weighted by atomic mass is 10.1. The van der Waals surface area contributed by atoms with Crippen molar-refractivity contribution >= 4 is 34.9 Å². The first kappa shape index (κ1) is 15.5. The summed E-state index contributed by atoms with van der Waals surface area (Å²) in [4.78, 5) is 35.9. The highest BCUT2D eigenvalue weighted by atomic mass is 35.5. The smallest absolute Gasteiger partial charge is 0.329 e. The number of aromatic nitrogens is 1. The number of carbonyl (C=O) groups is 2. The second-order valence-corrected chi connectivity index (χ2v) is 5.75. The third kappa shape index (κ3) is 3.22.